The summed E-state index contributed by atoms with van der Waals surface area (Å²) >= 11 is 0. The van der Waals surface area contributed by atoms with Crippen LogP contribution in [0.1, 0.15) is 45.3 Å². The third-order valence-corrected chi connectivity index (χ3v) is 2.86. The molecule has 92 valence electrons. The summed E-state index contributed by atoms with van der Waals surface area (Å²) in [5.74, 6) is 2.07. The highest BCUT2D eigenvalue weighted by Gasteiger charge is 2.11. The molecule has 0 radical (unpaired) electrons. The zero-order valence-electron chi connectivity index (χ0n) is 11.0. The van der Waals surface area contributed by atoms with E-state index in [1.54, 1.807) is 0 Å². The molecule has 0 saturated heterocycles. The highest BCUT2D eigenvalue weighted by Crippen LogP contribution is 2.05. The fourth-order valence-electron chi connectivity index (χ4n) is 1.87. The summed E-state index contributed by atoms with van der Waals surface area (Å²) in [6.45, 7) is 7.37. The fourth-order valence-corrected chi connectivity index (χ4v) is 1.87. The molecule has 1 unspecified atom stereocenters. The third-order valence-electron chi connectivity index (χ3n) is 2.86. The zero-order valence-corrected chi connectivity index (χ0v) is 11.0. The molecule has 0 aromatic carbocycles. The standard InChI is InChI=1S/C12H24N4/c1-5-8-10(13-4)9-16-12(7-3)14-11(6-2)15-16/h10,13H,5-9H2,1-4H3. The van der Waals surface area contributed by atoms with Gasteiger partial charge in [-0.15, -0.1) is 0 Å². The van der Waals surface area contributed by atoms with Gasteiger partial charge in [0.15, 0.2) is 5.82 Å². The molecule has 1 aromatic rings. The van der Waals surface area contributed by atoms with Gasteiger partial charge in [-0.2, -0.15) is 5.10 Å². The lowest BCUT2D eigenvalue weighted by Crippen LogP contribution is -2.31. The van der Waals surface area contributed by atoms with Gasteiger partial charge in [0.25, 0.3) is 0 Å². The number of hydrogen-bond acceptors (Lipinski definition) is 3. The minimum absolute atomic E-state index is 0.502. The van der Waals surface area contributed by atoms with Gasteiger partial charge in [-0.1, -0.05) is 27.2 Å². The van der Waals surface area contributed by atoms with Crippen LogP contribution in [0, 0.1) is 0 Å². The molecule has 0 spiro atoms. The molecular weight excluding hydrogens is 200 g/mol. The van der Waals surface area contributed by atoms with E-state index in [0.717, 1.165) is 31.0 Å². The monoisotopic (exact) mass is 224 g/mol. The van der Waals surface area contributed by atoms with E-state index in [4.69, 9.17) is 0 Å². The Kier molecular flexibility index (Phi) is 5.46. The Morgan fingerprint density at radius 3 is 2.50 bits per heavy atom. The van der Waals surface area contributed by atoms with Gasteiger partial charge in [-0.05, 0) is 13.5 Å². The van der Waals surface area contributed by atoms with Gasteiger partial charge >= 0.3 is 0 Å². The van der Waals surface area contributed by atoms with Gasteiger partial charge in [0, 0.05) is 18.9 Å². The SMILES string of the molecule is CCCC(Cn1nc(CC)nc1CC)NC. The van der Waals surface area contributed by atoms with E-state index in [9.17, 15) is 0 Å². The van der Waals surface area contributed by atoms with E-state index in [2.05, 4.69) is 40.9 Å². The molecule has 0 amide bonds. The Morgan fingerprint density at radius 1 is 1.25 bits per heavy atom. The van der Waals surface area contributed by atoms with Gasteiger partial charge in [0.05, 0.1) is 6.54 Å². The van der Waals surface area contributed by atoms with Gasteiger partial charge in [-0.3, -0.25) is 0 Å². The molecule has 0 aliphatic rings. The summed E-state index contributed by atoms with van der Waals surface area (Å²) < 4.78 is 2.07. The lowest BCUT2D eigenvalue weighted by molar-refractivity contribution is 0.416. The number of hydrogen-bond donors (Lipinski definition) is 1. The van der Waals surface area contributed by atoms with Gasteiger partial charge < -0.3 is 5.32 Å². The zero-order chi connectivity index (χ0) is 12.0. The number of likely N-dealkylation sites (N-methyl/N-ethyl adjacent to an activating group) is 1. The van der Waals surface area contributed by atoms with Crippen LogP contribution in [0.2, 0.25) is 0 Å². The molecule has 1 aromatic heterocycles. The number of nitrogens with zero attached hydrogens (tertiary/aromatic N) is 3. The molecule has 4 nitrogen and oxygen atoms in total. The van der Waals surface area contributed by atoms with Crippen molar-refractivity contribution in [2.24, 2.45) is 0 Å². The highest BCUT2D eigenvalue weighted by molar-refractivity contribution is 4.93. The molecule has 4 heteroatoms. The molecule has 1 heterocycles. The van der Waals surface area contributed by atoms with Crippen molar-refractivity contribution in [1.29, 1.82) is 0 Å². The first kappa shape index (κ1) is 13.2. The van der Waals surface area contributed by atoms with Crippen molar-refractivity contribution in [2.75, 3.05) is 7.05 Å². The quantitative estimate of drug-likeness (QED) is 0.768. The number of rotatable bonds is 7. The fraction of sp³-hybridized carbons (Fsp3) is 0.833. The van der Waals surface area contributed by atoms with Crippen molar-refractivity contribution in [1.82, 2.24) is 20.1 Å². The molecule has 1 N–H and O–H groups in total. The van der Waals surface area contributed by atoms with E-state index in [1.807, 2.05) is 7.05 Å². The molecular formula is C12H24N4. The van der Waals surface area contributed by atoms with Crippen LogP contribution in [-0.2, 0) is 19.4 Å². The Morgan fingerprint density at radius 2 is 2.00 bits per heavy atom. The highest BCUT2D eigenvalue weighted by atomic mass is 15.4. The number of aromatic nitrogens is 3. The summed E-state index contributed by atoms with van der Waals surface area (Å²) in [5, 5.41) is 7.88. The second kappa shape index (κ2) is 6.63. The second-order valence-corrected chi connectivity index (χ2v) is 4.11. The molecule has 0 aliphatic carbocycles. The maximum atomic E-state index is 4.54. The molecule has 0 saturated carbocycles. The van der Waals surface area contributed by atoms with Crippen LogP contribution in [-0.4, -0.2) is 27.9 Å². The van der Waals surface area contributed by atoms with Crippen LogP contribution in [0.3, 0.4) is 0 Å². The average Bonchev–Trinajstić information content (AvgIpc) is 2.70. The van der Waals surface area contributed by atoms with Crippen LogP contribution >= 0.6 is 0 Å². The molecule has 0 bridgehead atoms. The van der Waals surface area contributed by atoms with Crippen LogP contribution in [0.4, 0.5) is 0 Å². The van der Waals surface area contributed by atoms with Crippen molar-refractivity contribution >= 4 is 0 Å². The molecule has 0 fully saturated rings. The second-order valence-electron chi connectivity index (χ2n) is 4.11. The normalized spacial score (nSPS) is 13.0. The summed E-state index contributed by atoms with van der Waals surface area (Å²) in [7, 11) is 2.02. The Hall–Kier alpha value is -0.900. The first-order valence-corrected chi connectivity index (χ1v) is 6.34. The van der Waals surface area contributed by atoms with Crippen LogP contribution in [0.5, 0.6) is 0 Å². The Balaban J connectivity index is 2.73. The summed E-state index contributed by atoms with van der Waals surface area (Å²) in [4.78, 5) is 4.52. The predicted octanol–water partition coefficient (Wildman–Crippen LogP) is 1.79. The average molecular weight is 224 g/mol. The predicted molar refractivity (Wildman–Crippen MR) is 66.5 cm³/mol. The van der Waals surface area contributed by atoms with E-state index < -0.39 is 0 Å². The number of aryl methyl sites for hydroxylation is 2. The van der Waals surface area contributed by atoms with Gasteiger partial charge in [0.1, 0.15) is 5.82 Å². The molecule has 16 heavy (non-hydrogen) atoms. The maximum absolute atomic E-state index is 4.54. The molecule has 0 aliphatic heterocycles. The molecule has 1 atom stereocenters. The van der Waals surface area contributed by atoms with E-state index >= 15 is 0 Å². The topological polar surface area (TPSA) is 42.7 Å². The molecule has 1 rings (SSSR count). The minimum Gasteiger partial charge on any atom is -0.315 e. The smallest absolute Gasteiger partial charge is 0.150 e. The van der Waals surface area contributed by atoms with Crippen molar-refractivity contribution in [3.8, 4) is 0 Å². The first-order chi connectivity index (χ1) is 7.74. The Labute approximate surface area is 98.5 Å². The van der Waals surface area contributed by atoms with Crippen molar-refractivity contribution in [3.63, 3.8) is 0 Å². The van der Waals surface area contributed by atoms with E-state index in [1.165, 1.54) is 12.8 Å². The summed E-state index contributed by atoms with van der Waals surface area (Å²) in [5.41, 5.74) is 0. The van der Waals surface area contributed by atoms with E-state index in [-0.39, 0.29) is 0 Å². The van der Waals surface area contributed by atoms with Crippen molar-refractivity contribution in [2.45, 2.75) is 59.0 Å². The van der Waals surface area contributed by atoms with Gasteiger partial charge in [0.2, 0.25) is 0 Å². The third kappa shape index (κ3) is 3.30. The summed E-state index contributed by atoms with van der Waals surface area (Å²) in [6.07, 6.45) is 4.25. The lowest BCUT2D eigenvalue weighted by Gasteiger charge is -2.15. The van der Waals surface area contributed by atoms with Crippen LogP contribution in [0.25, 0.3) is 0 Å². The van der Waals surface area contributed by atoms with Crippen LogP contribution in [0.15, 0.2) is 0 Å². The van der Waals surface area contributed by atoms with E-state index in [0.29, 0.717) is 6.04 Å². The Bertz CT molecular complexity index is 306. The first-order valence-electron chi connectivity index (χ1n) is 6.34. The van der Waals surface area contributed by atoms with Crippen LogP contribution < -0.4 is 5.32 Å². The summed E-state index contributed by atoms with van der Waals surface area (Å²) in [6, 6.07) is 0.502. The number of nitrogens with one attached hydrogen (secondary N) is 1. The van der Waals surface area contributed by atoms with Crippen molar-refractivity contribution < 1.29 is 0 Å². The maximum Gasteiger partial charge on any atom is 0.150 e. The minimum atomic E-state index is 0.502. The van der Waals surface area contributed by atoms with Gasteiger partial charge in [-0.25, -0.2) is 9.67 Å². The van der Waals surface area contributed by atoms with Crippen molar-refractivity contribution in [3.05, 3.63) is 11.6 Å². The largest absolute Gasteiger partial charge is 0.315 e. The lowest BCUT2D eigenvalue weighted by atomic mass is 10.2.